The third kappa shape index (κ3) is 3.64. The monoisotopic (exact) mass is 269 g/mol. The maximum Gasteiger partial charge on any atom is 0.242 e. The number of amides is 1. The normalized spacial score (nSPS) is 12.0. The molecule has 1 atom stereocenters. The Morgan fingerprint density at radius 1 is 1.50 bits per heavy atom. The molecule has 0 heterocycles. The highest BCUT2D eigenvalue weighted by Gasteiger charge is 2.22. The molecule has 1 amide bonds. The first-order chi connectivity index (χ1) is 8.61. The molecule has 1 rings (SSSR count). The van der Waals surface area contributed by atoms with Crippen LogP contribution in [0.2, 0.25) is 0 Å². The van der Waals surface area contributed by atoms with Gasteiger partial charge in [-0.05, 0) is 25.0 Å². The number of alkyl halides is 1. The summed E-state index contributed by atoms with van der Waals surface area (Å²) in [6.07, 6.45) is 2.06. The van der Waals surface area contributed by atoms with Crippen molar-refractivity contribution in [3.63, 3.8) is 0 Å². The number of hydrogen-bond donors (Lipinski definition) is 1. The molecule has 18 heavy (non-hydrogen) atoms. The molecule has 1 aromatic carbocycles. The first-order valence-electron chi connectivity index (χ1n) is 6.19. The molecule has 0 bridgehead atoms. The van der Waals surface area contributed by atoms with Gasteiger partial charge in [-0.1, -0.05) is 25.5 Å². The Morgan fingerprint density at radius 2 is 2.22 bits per heavy atom. The number of unbranched alkanes of at least 4 members (excludes halogenated alkanes) is 1. The van der Waals surface area contributed by atoms with E-state index in [4.69, 9.17) is 16.3 Å². The van der Waals surface area contributed by atoms with Crippen molar-refractivity contribution in [1.82, 2.24) is 5.32 Å². The van der Waals surface area contributed by atoms with Crippen LogP contribution in [-0.2, 0) is 4.79 Å². The summed E-state index contributed by atoms with van der Waals surface area (Å²) in [5, 5.41) is 1.84. The lowest BCUT2D eigenvalue weighted by Crippen LogP contribution is -2.23. The minimum atomic E-state index is -0.715. The van der Waals surface area contributed by atoms with Gasteiger partial charge < -0.3 is 10.1 Å². The minimum absolute atomic E-state index is 0.216. The Balaban J connectivity index is 2.96. The molecule has 4 heteroatoms. The zero-order chi connectivity index (χ0) is 13.5. The number of carbonyl (C=O) groups is 1. The predicted molar refractivity (Wildman–Crippen MR) is 74.2 cm³/mol. The smallest absolute Gasteiger partial charge is 0.242 e. The van der Waals surface area contributed by atoms with Crippen molar-refractivity contribution in [3.8, 4) is 5.75 Å². The summed E-state index contributed by atoms with van der Waals surface area (Å²) in [4.78, 5) is 11.6. The minimum Gasteiger partial charge on any atom is -0.493 e. The lowest BCUT2D eigenvalue weighted by atomic mass is 10.0. The fourth-order valence-electron chi connectivity index (χ4n) is 1.69. The van der Waals surface area contributed by atoms with Crippen LogP contribution in [0.3, 0.4) is 0 Å². The zero-order valence-corrected chi connectivity index (χ0v) is 11.9. The highest BCUT2D eigenvalue weighted by molar-refractivity contribution is 6.31. The van der Waals surface area contributed by atoms with Crippen LogP contribution < -0.4 is 10.1 Å². The summed E-state index contributed by atoms with van der Waals surface area (Å²) in [5.74, 6) is 0.485. The van der Waals surface area contributed by atoms with Crippen LogP contribution in [-0.4, -0.2) is 19.6 Å². The molecule has 1 N–H and O–H groups in total. The van der Waals surface area contributed by atoms with Gasteiger partial charge in [-0.3, -0.25) is 4.79 Å². The molecule has 0 saturated carbocycles. The number of likely N-dealkylation sites (N-methyl/N-ethyl adjacent to an activating group) is 1. The second-order valence-electron chi connectivity index (χ2n) is 4.17. The van der Waals surface area contributed by atoms with E-state index in [0.717, 1.165) is 24.0 Å². The fourth-order valence-corrected chi connectivity index (χ4v) is 2.08. The van der Waals surface area contributed by atoms with Gasteiger partial charge >= 0.3 is 0 Å². The van der Waals surface area contributed by atoms with E-state index in [-0.39, 0.29) is 5.91 Å². The molecule has 0 saturated heterocycles. The van der Waals surface area contributed by atoms with E-state index in [0.29, 0.717) is 12.4 Å². The molecule has 3 nitrogen and oxygen atoms in total. The van der Waals surface area contributed by atoms with E-state index >= 15 is 0 Å². The molecule has 0 radical (unpaired) electrons. The van der Waals surface area contributed by atoms with E-state index in [1.165, 1.54) is 0 Å². The van der Waals surface area contributed by atoms with E-state index in [1.54, 1.807) is 7.05 Å². The topological polar surface area (TPSA) is 38.3 Å². The van der Waals surface area contributed by atoms with Gasteiger partial charge in [0.2, 0.25) is 5.91 Å². The van der Waals surface area contributed by atoms with Crippen molar-refractivity contribution in [3.05, 3.63) is 29.3 Å². The summed E-state index contributed by atoms with van der Waals surface area (Å²) in [6, 6.07) is 5.70. The number of halogens is 1. The van der Waals surface area contributed by atoms with Gasteiger partial charge in [0, 0.05) is 12.6 Å². The molecule has 0 aliphatic heterocycles. The van der Waals surface area contributed by atoms with Crippen LogP contribution in [0.15, 0.2) is 18.2 Å². The highest BCUT2D eigenvalue weighted by atomic mass is 35.5. The summed E-state index contributed by atoms with van der Waals surface area (Å²) >= 11 is 6.19. The Labute approximate surface area is 113 Å². The summed E-state index contributed by atoms with van der Waals surface area (Å²) in [6.45, 7) is 4.68. The lowest BCUT2D eigenvalue weighted by Gasteiger charge is -2.17. The third-order valence-electron chi connectivity index (χ3n) is 2.77. The summed E-state index contributed by atoms with van der Waals surface area (Å²) in [7, 11) is 1.58. The third-order valence-corrected chi connectivity index (χ3v) is 3.19. The Bertz CT molecular complexity index is 407. The molecule has 0 aromatic heterocycles. The van der Waals surface area contributed by atoms with E-state index < -0.39 is 5.38 Å². The van der Waals surface area contributed by atoms with Gasteiger partial charge in [-0.25, -0.2) is 0 Å². The molecular formula is C14H20ClNO2. The standard InChI is InChI=1S/C14H20ClNO2/c1-4-5-9-18-11-8-6-7-10(2)12(11)13(15)14(17)16-3/h6-8,13H,4-5,9H2,1-3H3,(H,16,17). The van der Waals surface area contributed by atoms with Crippen LogP contribution in [0.1, 0.15) is 36.3 Å². The molecule has 1 unspecified atom stereocenters. The first-order valence-corrected chi connectivity index (χ1v) is 6.63. The van der Waals surface area contributed by atoms with Crippen molar-refractivity contribution in [2.75, 3.05) is 13.7 Å². The average Bonchev–Trinajstić information content (AvgIpc) is 2.37. The highest BCUT2D eigenvalue weighted by Crippen LogP contribution is 2.32. The Kier molecular flexibility index (Phi) is 5.99. The maximum absolute atomic E-state index is 11.6. The van der Waals surface area contributed by atoms with Crippen molar-refractivity contribution in [1.29, 1.82) is 0 Å². The first kappa shape index (κ1) is 14.8. The van der Waals surface area contributed by atoms with Gasteiger partial charge in [-0.15, -0.1) is 11.6 Å². The van der Waals surface area contributed by atoms with Crippen LogP contribution in [0, 0.1) is 6.92 Å². The number of aryl methyl sites for hydroxylation is 1. The predicted octanol–water partition coefficient (Wildman–Crippen LogP) is 3.20. The van der Waals surface area contributed by atoms with Gasteiger partial charge in [0.05, 0.1) is 6.61 Å². The van der Waals surface area contributed by atoms with Gasteiger partial charge in [0.25, 0.3) is 0 Å². The molecule has 0 spiro atoms. The van der Waals surface area contributed by atoms with Crippen LogP contribution in [0.25, 0.3) is 0 Å². The summed E-state index contributed by atoms with van der Waals surface area (Å²) < 4.78 is 5.71. The largest absolute Gasteiger partial charge is 0.493 e. The van der Waals surface area contributed by atoms with Crippen molar-refractivity contribution < 1.29 is 9.53 Å². The maximum atomic E-state index is 11.6. The Morgan fingerprint density at radius 3 is 2.83 bits per heavy atom. The molecule has 0 aliphatic carbocycles. The average molecular weight is 270 g/mol. The van der Waals surface area contributed by atoms with Crippen LogP contribution >= 0.6 is 11.6 Å². The number of hydrogen-bond acceptors (Lipinski definition) is 2. The second-order valence-corrected chi connectivity index (χ2v) is 4.60. The van der Waals surface area contributed by atoms with Crippen LogP contribution in [0.4, 0.5) is 0 Å². The molecular weight excluding hydrogens is 250 g/mol. The quantitative estimate of drug-likeness (QED) is 0.636. The molecule has 0 aliphatic rings. The number of ether oxygens (including phenoxy) is 1. The van der Waals surface area contributed by atoms with E-state index in [2.05, 4.69) is 12.2 Å². The van der Waals surface area contributed by atoms with Gasteiger partial charge in [0.15, 0.2) is 0 Å². The van der Waals surface area contributed by atoms with Crippen molar-refractivity contribution in [2.24, 2.45) is 0 Å². The summed E-state index contributed by atoms with van der Waals surface area (Å²) in [5.41, 5.74) is 1.72. The zero-order valence-electron chi connectivity index (χ0n) is 11.1. The lowest BCUT2D eigenvalue weighted by molar-refractivity contribution is -0.120. The number of benzene rings is 1. The second kappa shape index (κ2) is 7.27. The van der Waals surface area contributed by atoms with E-state index in [1.807, 2.05) is 25.1 Å². The molecule has 100 valence electrons. The van der Waals surface area contributed by atoms with Gasteiger partial charge in [0.1, 0.15) is 11.1 Å². The van der Waals surface area contributed by atoms with Crippen molar-refractivity contribution in [2.45, 2.75) is 32.1 Å². The number of nitrogens with one attached hydrogen (secondary N) is 1. The number of carbonyl (C=O) groups excluding carboxylic acids is 1. The van der Waals surface area contributed by atoms with Gasteiger partial charge in [-0.2, -0.15) is 0 Å². The molecule has 0 fully saturated rings. The Hall–Kier alpha value is -1.22. The molecule has 1 aromatic rings. The van der Waals surface area contributed by atoms with Crippen molar-refractivity contribution >= 4 is 17.5 Å². The fraction of sp³-hybridized carbons (Fsp3) is 0.500. The van der Waals surface area contributed by atoms with Crippen LogP contribution in [0.5, 0.6) is 5.75 Å². The number of rotatable bonds is 6. The van der Waals surface area contributed by atoms with E-state index in [9.17, 15) is 4.79 Å². The SMILES string of the molecule is CCCCOc1cccc(C)c1C(Cl)C(=O)NC.